The molecule has 3 heterocycles. The zero-order chi connectivity index (χ0) is 23.5. The Morgan fingerprint density at radius 2 is 1.94 bits per heavy atom. The summed E-state index contributed by atoms with van der Waals surface area (Å²) in [5.41, 5.74) is -0.477. The van der Waals surface area contributed by atoms with E-state index in [9.17, 15) is 22.8 Å². The minimum Gasteiger partial charge on any atom is -0.490 e. The van der Waals surface area contributed by atoms with Gasteiger partial charge in [-0.15, -0.1) is 0 Å². The SMILES string of the molecule is CCOC(=O)c1cnn(CCCC(=O)c2c(C)nc3c(OCC)cccn23)c1C(F)(F)F. The Labute approximate surface area is 181 Å². The minimum absolute atomic E-state index is 0.0284. The number of aromatic nitrogens is 4. The van der Waals surface area contributed by atoms with Crippen LogP contribution in [0.15, 0.2) is 24.5 Å². The summed E-state index contributed by atoms with van der Waals surface area (Å²) in [5.74, 6) is -0.821. The van der Waals surface area contributed by atoms with E-state index in [-0.39, 0.29) is 31.8 Å². The summed E-state index contributed by atoms with van der Waals surface area (Å²) >= 11 is 0. The molecular weight excluding hydrogens is 429 g/mol. The Kier molecular flexibility index (Phi) is 6.85. The van der Waals surface area contributed by atoms with Crippen LogP contribution in [-0.4, -0.2) is 44.1 Å². The fourth-order valence-corrected chi connectivity index (χ4v) is 3.48. The van der Waals surface area contributed by atoms with Crippen molar-refractivity contribution in [1.29, 1.82) is 0 Å². The third kappa shape index (κ3) is 4.61. The molecule has 11 heteroatoms. The van der Waals surface area contributed by atoms with E-state index in [4.69, 9.17) is 4.74 Å². The first-order valence-electron chi connectivity index (χ1n) is 10.1. The van der Waals surface area contributed by atoms with Crippen molar-refractivity contribution < 1.29 is 32.2 Å². The Morgan fingerprint density at radius 3 is 2.59 bits per heavy atom. The van der Waals surface area contributed by atoms with Gasteiger partial charge in [-0.3, -0.25) is 13.9 Å². The second-order valence-corrected chi connectivity index (χ2v) is 6.92. The summed E-state index contributed by atoms with van der Waals surface area (Å²) in [5, 5.41) is 3.70. The summed E-state index contributed by atoms with van der Waals surface area (Å²) in [6.45, 7) is 5.22. The van der Waals surface area contributed by atoms with Crippen molar-refractivity contribution in [1.82, 2.24) is 19.2 Å². The second kappa shape index (κ2) is 9.41. The van der Waals surface area contributed by atoms with Crippen LogP contribution in [-0.2, 0) is 17.5 Å². The molecule has 0 atom stereocenters. The number of fused-ring (bicyclic) bond motifs is 1. The lowest BCUT2D eigenvalue weighted by atomic mass is 10.1. The Bertz CT molecular complexity index is 1130. The number of ketones is 1. The minimum atomic E-state index is -4.80. The molecule has 0 N–H and O–H groups in total. The maximum atomic E-state index is 13.5. The molecule has 0 aliphatic rings. The molecule has 0 unspecified atom stereocenters. The number of carbonyl (C=O) groups excluding carboxylic acids is 2. The van der Waals surface area contributed by atoms with Crippen LogP contribution in [0.4, 0.5) is 13.2 Å². The zero-order valence-electron chi connectivity index (χ0n) is 17.9. The van der Waals surface area contributed by atoms with Crippen LogP contribution < -0.4 is 4.74 Å². The van der Waals surface area contributed by atoms with E-state index in [2.05, 4.69) is 14.8 Å². The fourth-order valence-electron chi connectivity index (χ4n) is 3.48. The highest BCUT2D eigenvalue weighted by Crippen LogP contribution is 2.32. The van der Waals surface area contributed by atoms with Gasteiger partial charge in [-0.05, 0) is 39.3 Å². The van der Waals surface area contributed by atoms with Gasteiger partial charge < -0.3 is 9.47 Å². The third-order valence-electron chi connectivity index (χ3n) is 4.73. The Balaban J connectivity index is 1.78. The van der Waals surface area contributed by atoms with Crippen molar-refractivity contribution in [3.05, 3.63) is 47.2 Å². The van der Waals surface area contributed by atoms with E-state index in [1.54, 1.807) is 29.7 Å². The molecule has 0 aliphatic carbocycles. The summed E-state index contributed by atoms with van der Waals surface area (Å²) in [7, 11) is 0. The lowest BCUT2D eigenvalue weighted by molar-refractivity contribution is -0.144. The molecule has 0 spiro atoms. The number of rotatable bonds is 9. The molecular formula is C21H23F3N4O4. The third-order valence-corrected chi connectivity index (χ3v) is 4.73. The monoisotopic (exact) mass is 452 g/mol. The van der Waals surface area contributed by atoms with E-state index in [1.165, 1.54) is 6.92 Å². The smallest absolute Gasteiger partial charge is 0.433 e. The maximum Gasteiger partial charge on any atom is 0.433 e. The van der Waals surface area contributed by atoms with Crippen LogP contribution >= 0.6 is 0 Å². The molecule has 172 valence electrons. The number of nitrogens with zero attached hydrogens (tertiary/aromatic N) is 4. The molecule has 3 aromatic rings. The highest BCUT2D eigenvalue weighted by atomic mass is 19.4. The van der Waals surface area contributed by atoms with Gasteiger partial charge in [-0.1, -0.05) is 0 Å². The highest BCUT2D eigenvalue weighted by Gasteiger charge is 2.40. The summed E-state index contributed by atoms with van der Waals surface area (Å²) in [4.78, 5) is 29.1. The highest BCUT2D eigenvalue weighted by molar-refractivity contribution is 5.96. The molecule has 0 amide bonds. The molecule has 0 saturated heterocycles. The van der Waals surface area contributed by atoms with E-state index in [1.807, 2.05) is 6.92 Å². The average Bonchev–Trinajstić information content (AvgIpc) is 3.29. The van der Waals surface area contributed by atoms with Crippen molar-refractivity contribution in [3.63, 3.8) is 0 Å². The van der Waals surface area contributed by atoms with Crippen LogP contribution in [0.25, 0.3) is 5.65 Å². The predicted octanol–water partition coefficient (Wildman–Crippen LogP) is 4.10. The van der Waals surface area contributed by atoms with Crippen LogP contribution in [0.5, 0.6) is 5.75 Å². The van der Waals surface area contributed by atoms with E-state index < -0.39 is 23.4 Å². The maximum absolute atomic E-state index is 13.5. The van der Waals surface area contributed by atoms with Crippen molar-refractivity contribution in [2.75, 3.05) is 13.2 Å². The van der Waals surface area contributed by atoms with Crippen LogP contribution in [0, 0.1) is 6.92 Å². The zero-order valence-corrected chi connectivity index (χ0v) is 17.9. The lowest BCUT2D eigenvalue weighted by Crippen LogP contribution is -2.20. The standard InChI is InChI=1S/C21H23F3N4O4/c1-4-31-16-9-7-10-27-17(13(3)26-19(16)27)15(29)8-6-11-28-18(21(22,23)24)14(12-25-28)20(30)32-5-2/h7,9-10,12H,4-6,8,11H2,1-3H3. The van der Waals surface area contributed by atoms with E-state index in [0.29, 0.717) is 34.1 Å². The number of Topliss-reactive ketones (excluding diaryl/α,β-unsaturated/α-hetero) is 1. The second-order valence-electron chi connectivity index (χ2n) is 6.92. The number of imidazole rings is 1. The molecule has 0 bridgehead atoms. The molecule has 0 fully saturated rings. The number of halogens is 3. The number of alkyl halides is 3. The lowest BCUT2D eigenvalue weighted by Gasteiger charge is -2.12. The number of hydrogen-bond acceptors (Lipinski definition) is 6. The van der Waals surface area contributed by atoms with Crippen LogP contribution in [0.1, 0.15) is 58.9 Å². The number of ether oxygens (including phenoxy) is 2. The Hall–Kier alpha value is -3.37. The first kappa shape index (κ1) is 23.3. The number of esters is 1. The molecule has 3 aromatic heterocycles. The summed E-state index contributed by atoms with van der Waals surface area (Å²) in [6.07, 6.45) is -2.21. The van der Waals surface area contributed by atoms with E-state index in [0.717, 1.165) is 6.20 Å². The average molecular weight is 452 g/mol. The van der Waals surface area contributed by atoms with E-state index >= 15 is 0 Å². The largest absolute Gasteiger partial charge is 0.490 e. The molecule has 0 aromatic carbocycles. The first-order chi connectivity index (χ1) is 15.2. The fraction of sp³-hybridized carbons (Fsp3) is 0.429. The summed E-state index contributed by atoms with van der Waals surface area (Å²) in [6, 6.07) is 3.48. The number of aryl methyl sites for hydroxylation is 2. The van der Waals surface area contributed by atoms with Crippen LogP contribution in [0.2, 0.25) is 0 Å². The van der Waals surface area contributed by atoms with Gasteiger partial charge in [0.25, 0.3) is 0 Å². The van der Waals surface area contributed by atoms with Crippen molar-refractivity contribution >= 4 is 17.4 Å². The summed E-state index contributed by atoms with van der Waals surface area (Å²) < 4.78 is 53.1. The van der Waals surface area contributed by atoms with Gasteiger partial charge in [0, 0.05) is 19.2 Å². The molecule has 8 nitrogen and oxygen atoms in total. The number of pyridine rings is 1. The van der Waals surface area contributed by atoms with Crippen molar-refractivity contribution in [2.24, 2.45) is 0 Å². The topological polar surface area (TPSA) is 87.7 Å². The normalized spacial score (nSPS) is 11.7. The van der Waals surface area contributed by atoms with Gasteiger partial charge in [0.2, 0.25) is 0 Å². The van der Waals surface area contributed by atoms with Gasteiger partial charge in [0.05, 0.1) is 25.1 Å². The van der Waals surface area contributed by atoms with Crippen molar-refractivity contribution in [2.45, 2.75) is 46.3 Å². The predicted molar refractivity (Wildman–Crippen MR) is 108 cm³/mol. The molecule has 0 aliphatic heterocycles. The number of carbonyl (C=O) groups is 2. The van der Waals surface area contributed by atoms with Gasteiger partial charge >= 0.3 is 12.1 Å². The van der Waals surface area contributed by atoms with Gasteiger partial charge in [-0.25, -0.2) is 9.78 Å². The van der Waals surface area contributed by atoms with Crippen molar-refractivity contribution in [3.8, 4) is 5.75 Å². The number of hydrogen-bond donors (Lipinski definition) is 0. The van der Waals surface area contributed by atoms with Crippen LogP contribution in [0.3, 0.4) is 0 Å². The molecule has 0 radical (unpaired) electrons. The molecule has 32 heavy (non-hydrogen) atoms. The Morgan fingerprint density at radius 1 is 1.19 bits per heavy atom. The molecule has 3 rings (SSSR count). The van der Waals surface area contributed by atoms with Gasteiger partial charge in [-0.2, -0.15) is 18.3 Å². The quantitative estimate of drug-likeness (QED) is 0.359. The molecule has 0 saturated carbocycles. The van der Waals surface area contributed by atoms with Gasteiger partial charge in [0.1, 0.15) is 11.3 Å². The van der Waals surface area contributed by atoms with Gasteiger partial charge in [0.15, 0.2) is 22.9 Å². The first-order valence-corrected chi connectivity index (χ1v) is 10.1.